The Morgan fingerprint density at radius 1 is 1.35 bits per heavy atom. The zero-order chi connectivity index (χ0) is 14.9. The molecule has 2 aromatic rings. The number of nitrogens with two attached hydrogens (primary N) is 1. The fraction of sp³-hybridized carbons (Fsp3) is 0.250. The third-order valence-electron chi connectivity index (χ3n) is 3.05. The number of pyridine rings is 1. The van der Waals surface area contributed by atoms with Crippen molar-refractivity contribution in [3.8, 4) is 0 Å². The summed E-state index contributed by atoms with van der Waals surface area (Å²) in [6.07, 6.45) is 3.68. The first-order valence-corrected chi connectivity index (χ1v) is 5.81. The Morgan fingerprint density at radius 2 is 2.05 bits per heavy atom. The molecule has 0 fully saturated rings. The van der Waals surface area contributed by atoms with Gasteiger partial charge in [-0.25, -0.2) is 4.79 Å². The molecule has 0 spiro atoms. The van der Waals surface area contributed by atoms with E-state index in [9.17, 15) is 14.9 Å². The van der Waals surface area contributed by atoms with Gasteiger partial charge in [0.1, 0.15) is 6.20 Å². The average molecular weight is 275 g/mol. The Kier molecular flexibility index (Phi) is 3.47. The summed E-state index contributed by atoms with van der Waals surface area (Å²) >= 11 is 0. The summed E-state index contributed by atoms with van der Waals surface area (Å²) in [5, 5.41) is 10.7. The van der Waals surface area contributed by atoms with Gasteiger partial charge in [0.15, 0.2) is 0 Å². The molecule has 104 valence electrons. The number of hydrogen-bond acceptors (Lipinski definition) is 6. The van der Waals surface area contributed by atoms with Crippen molar-refractivity contribution in [2.24, 2.45) is 0 Å². The quantitative estimate of drug-likeness (QED) is 0.653. The molecule has 2 rings (SSSR count). The van der Waals surface area contributed by atoms with Crippen molar-refractivity contribution in [3.05, 3.63) is 56.0 Å². The molecule has 0 saturated carbocycles. The molecule has 2 N–H and O–H groups in total. The lowest BCUT2D eigenvalue weighted by molar-refractivity contribution is -0.385. The van der Waals surface area contributed by atoms with E-state index in [1.54, 1.807) is 13.1 Å². The van der Waals surface area contributed by atoms with Crippen LogP contribution in [0.4, 0.5) is 11.4 Å². The monoisotopic (exact) mass is 275 g/mol. The molecule has 0 amide bonds. The van der Waals surface area contributed by atoms with E-state index in [1.807, 2.05) is 6.92 Å². The van der Waals surface area contributed by atoms with Gasteiger partial charge in [0.2, 0.25) is 0 Å². The van der Waals surface area contributed by atoms with E-state index >= 15 is 0 Å². The minimum absolute atomic E-state index is 0.0871. The van der Waals surface area contributed by atoms with Gasteiger partial charge in [-0.15, -0.1) is 0 Å². The van der Waals surface area contributed by atoms with Crippen molar-refractivity contribution in [2.45, 2.75) is 20.4 Å². The van der Waals surface area contributed by atoms with Gasteiger partial charge in [0, 0.05) is 11.9 Å². The van der Waals surface area contributed by atoms with Crippen molar-refractivity contribution in [2.75, 3.05) is 5.73 Å². The summed E-state index contributed by atoms with van der Waals surface area (Å²) in [5.74, 6) is 0. The maximum Gasteiger partial charge on any atom is 0.348 e. The van der Waals surface area contributed by atoms with Crippen molar-refractivity contribution >= 4 is 11.4 Å². The van der Waals surface area contributed by atoms with Gasteiger partial charge < -0.3 is 5.73 Å². The van der Waals surface area contributed by atoms with Crippen LogP contribution in [0.5, 0.6) is 0 Å². The lowest BCUT2D eigenvalue weighted by Crippen LogP contribution is -2.24. The molecule has 0 saturated heterocycles. The van der Waals surface area contributed by atoms with E-state index in [2.05, 4.69) is 9.97 Å². The van der Waals surface area contributed by atoms with Gasteiger partial charge >= 0.3 is 11.4 Å². The number of nitrogens with zero attached hydrogens (tertiary/aromatic N) is 4. The smallest absolute Gasteiger partial charge is 0.348 e. The van der Waals surface area contributed by atoms with Gasteiger partial charge in [0.05, 0.1) is 23.4 Å². The SMILES string of the molecule is Cc1cnc(Cn2cc([N+](=O)[O-])cnc2=O)c(C)c1N. The molecule has 20 heavy (non-hydrogen) atoms. The highest BCUT2D eigenvalue weighted by molar-refractivity contribution is 5.53. The third-order valence-corrected chi connectivity index (χ3v) is 3.05. The first-order chi connectivity index (χ1) is 9.40. The summed E-state index contributed by atoms with van der Waals surface area (Å²) in [7, 11) is 0. The van der Waals surface area contributed by atoms with E-state index < -0.39 is 10.6 Å². The summed E-state index contributed by atoms with van der Waals surface area (Å²) < 4.78 is 1.14. The summed E-state index contributed by atoms with van der Waals surface area (Å²) in [6.45, 7) is 3.71. The largest absolute Gasteiger partial charge is 0.398 e. The molecule has 0 aliphatic heterocycles. The molecule has 0 aromatic carbocycles. The lowest BCUT2D eigenvalue weighted by Gasteiger charge is -2.10. The summed E-state index contributed by atoms with van der Waals surface area (Å²) in [6, 6.07) is 0. The van der Waals surface area contributed by atoms with Crippen LogP contribution in [0.1, 0.15) is 16.8 Å². The molecule has 8 nitrogen and oxygen atoms in total. The molecule has 0 bridgehead atoms. The summed E-state index contributed by atoms with van der Waals surface area (Å²) in [5.41, 5.74) is 7.86. The van der Waals surface area contributed by atoms with Crippen LogP contribution >= 0.6 is 0 Å². The standard InChI is InChI=1S/C12H13N5O3/c1-7-3-14-10(8(2)11(7)13)6-16-5-9(17(19)20)4-15-12(16)18/h3-5H,6H2,1-2H3,(H2,13,14). The average Bonchev–Trinajstić information content (AvgIpc) is 2.41. The fourth-order valence-electron chi connectivity index (χ4n) is 1.76. The van der Waals surface area contributed by atoms with E-state index in [0.29, 0.717) is 11.4 Å². The first kappa shape index (κ1) is 13.7. The van der Waals surface area contributed by atoms with Crippen LogP contribution in [0.2, 0.25) is 0 Å². The van der Waals surface area contributed by atoms with Crippen molar-refractivity contribution in [3.63, 3.8) is 0 Å². The minimum atomic E-state index is -0.604. The highest BCUT2D eigenvalue weighted by Gasteiger charge is 2.12. The van der Waals surface area contributed by atoms with Gasteiger partial charge in [-0.05, 0) is 25.0 Å². The third kappa shape index (κ3) is 2.48. The molecule has 0 unspecified atom stereocenters. The first-order valence-electron chi connectivity index (χ1n) is 5.81. The highest BCUT2D eigenvalue weighted by atomic mass is 16.6. The number of aromatic nitrogens is 3. The summed E-state index contributed by atoms with van der Waals surface area (Å²) in [4.78, 5) is 29.4. The Bertz CT molecular complexity index is 738. The maximum atomic E-state index is 11.6. The Balaban J connectivity index is 2.45. The molecule has 0 aliphatic rings. The molecule has 0 radical (unpaired) electrons. The van der Waals surface area contributed by atoms with Crippen LogP contribution < -0.4 is 11.4 Å². The van der Waals surface area contributed by atoms with E-state index in [1.165, 1.54) is 0 Å². The van der Waals surface area contributed by atoms with Crippen LogP contribution in [0.15, 0.2) is 23.4 Å². The molecule has 0 atom stereocenters. The minimum Gasteiger partial charge on any atom is -0.398 e. The molecule has 0 aliphatic carbocycles. The number of anilines is 1. The maximum absolute atomic E-state index is 11.6. The Morgan fingerprint density at radius 3 is 2.70 bits per heavy atom. The predicted molar refractivity (Wildman–Crippen MR) is 72.4 cm³/mol. The van der Waals surface area contributed by atoms with Crippen molar-refractivity contribution < 1.29 is 4.92 Å². The van der Waals surface area contributed by atoms with E-state index in [-0.39, 0.29) is 12.2 Å². The van der Waals surface area contributed by atoms with Crippen LogP contribution in [0.25, 0.3) is 0 Å². The Labute approximate surface area is 114 Å². The second-order valence-electron chi connectivity index (χ2n) is 4.41. The molecular formula is C12H13N5O3. The van der Waals surface area contributed by atoms with E-state index in [4.69, 9.17) is 5.73 Å². The predicted octanol–water partition coefficient (Wildman–Crippen LogP) is 0.794. The van der Waals surface area contributed by atoms with Crippen molar-refractivity contribution in [1.29, 1.82) is 0 Å². The van der Waals surface area contributed by atoms with Gasteiger partial charge in [0.25, 0.3) is 0 Å². The second kappa shape index (κ2) is 5.08. The molecule has 2 heterocycles. The highest BCUT2D eigenvalue weighted by Crippen LogP contribution is 2.18. The molecule has 2 aromatic heterocycles. The second-order valence-corrected chi connectivity index (χ2v) is 4.41. The van der Waals surface area contributed by atoms with Crippen LogP contribution in [-0.4, -0.2) is 19.5 Å². The van der Waals surface area contributed by atoms with Crippen molar-refractivity contribution in [1.82, 2.24) is 14.5 Å². The Hall–Kier alpha value is -2.77. The normalized spacial score (nSPS) is 10.5. The topological polar surface area (TPSA) is 117 Å². The number of nitrogen functional groups attached to an aromatic ring is 1. The number of aryl methyl sites for hydroxylation is 1. The number of rotatable bonds is 3. The van der Waals surface area contributed by atoms with Gasteiger partial charge in [-0.2, -0.15) is 4.98 Å². The molecule has 8 heteroatoms. The number of hydrogen-bond donors (Lipinski definition) is 1. The fourth-order valence-corrected chi connectivity index (χ4v) is 1.76. The van der Waals surface area contributed by atoms with E-state index in [0.717, 1.165) is 28.1 Å². The zero-order valence-electron chi connectivity index (χ0n) is 11.0. The lowest BCUT2D eigenvalue weighted by atomic mass is 10.1. The van der Waals surface area contributed by atoms with Gasteiger partial charge in [-0.3, -0.25) is 19.7 Å². The molecular weight excluding hydrogens is 262 g/mol. The van der Waals surface area contributed by atoms with Gasteiger partial charge in [-0.1, -0.05) is 0 Å². The number of nitro groups is 1. The van der Waals surface area contributed by atoms with Crippen LogP contribution in [0, 0.1) is 24.0 Å². The van der Waals surface area contributed by atoms with Crippen LogP contribution in [0.3, 0.4) is 0 Å². The van der Waals surface area contributed by atoms with Crippen LogP contribution in [-0.2, 0) is 6.54 Å². The zero-order valence-corrected chi connectivity index (χ0v) is 11.0.